The van der Waals surface area contributed by atoms with Crippen LogP contribution in [0.4, 0.5) is 22.1 Å². The zero-order valence-electron chi connectivity index (χ0n) is 22.7. The van der Waals surface area contributed by atoms with Crippen molar-refractivity contribution in [1.82, 2.24) is 29.9 Å². The first-order valence-corrected chi connectivity index (χ1v) is 12.6. The van der Waals surface area contributed by atoms with Crippen molar-refractivity contribution in [3.8, 4) is 17.2 Å². The minimum atomic E-state index is -0.495. The number of methoxy groups -OCH3 is 2. The number of carbonyl (C=O) groups excluding carboxylic acids is 1. The number of nitrogens with one attached hydrogen (secondary N) is 1. The Morgan fingerprint density at radius 3 is 2.28 bits per heavy atom. The SMILES string of the molecule is COc1ccc(-n2nnc3cnc(Nc4ccc(N5CCN(C(=O)OC(C)(C)C)CC5)cc4)nc32)cc1OC. The first-order valence-electron chi connectivity index (χ1n) is 12.6. The third-order valence-corrected chi connectivity index (χ3v) is 6.22. The number of hydrogen-bond donors (Lipinski definition) is 1. The summed E-state index contributed by atoms with van der Waals surface area (Å²) in [7, 11) is 3.17. The standard InChI is InChI=1S/C27H32N8O4/c1-27(2,3)39-26(36)34-14-12-33(13-15-34)19-8-6-18(7-9-19)29-25-28-17-21-24(30-25)35(32-31-21)20-10-11-22(37-4)23(16-20)38-5/h6-11,16-17H,12-15H2,1-5H3,(H,28,29,30). The molecular formula is C27H32N8O4. The van der Waals surface area contributed by atoms with E-state index in [4.69, 9.17) is 14.2 Å². The molecule has 0 saturated carbocycles. The summed E-state index contributed by atoms with van der Waals surface area (Å²) in [5, 5.41) is 11.7. The molecule has 2 aromatic carbocycles. The summed E-state index contributed by atoms with van der Waals surface area (Å²) in [5.41, 5.74) is 3.28. The fourth-order valence-electron chi connectivity index (χ4n) is 4.28. The molecular weight excluding hydrogens is 500 g/mol. The topological polar surface area (TPSA) is 120 Å². The molecule has 1 aliphatic rings. The Balaban J connectivity index is 1.26. The van der Waals surface area contributed by atoms with Gasteiger partial charge in [0.25, 0.3) is 0 Å². The van der Waals surface area contributed by atoms with Crippen molar-refractivity contribution in [2.24, 2.45) is 0 Å². The quantitative estimate of drug-likeness (QED) is 0.390. The van der Waals surface area contributed by atoms with Crippen molar-refractivity contribution < 1.29 is 19.0 Å². The zero-order valence-corrected chi connectivity index (χ0v) is 22.7. The molecule has 4 aromatic rings. The largest absolute Gasteiger partial charge is 0.493 e. The normalized spacial score (nSPS) is 13.9. The Bertz CT molecular complexity index is 1460. The number of hydrogen-bond acceptors (Lipinski definition) is 10. The number of amides is 1. The number of rotatable bonds is 6. The lowest BCUT2D eigenvalue weighted by Gasteiger charge is -2.36. The minimum absolute atomic E-state index is 0.263. The summed E-state index contributed by atoms with van der Waals surface area (Å²) in [6.07, 6.45) is 1.37. The molecule has 204 valence electrons. The Morgan fingerprint density at radius 2 is 1.62 bits per heavy atom. The Hall–Kier alpha value is -4.61. The summed E-state index contributed by atoms with van der Waals surface area (Å²) in [6, 6.07) is 13.5. The molecule has 1 saturated heterocycles. The van der Waals surface area contributed by atoms with Gasteiger partial charge in [-0.15, -0.1) is 5.10 Å². The number of carbonyl (C=O) groups is 1. The number of aromatic nitrogens is 5. The maximum Gasteiger partial charge on any atom is 0.410 e. The molecule has 0 bridgehead atoms. The van der Waals surface area contributed by atoms with Gasteiger partial charge in [-0.05, 0) is 57.2 Å². The second kappa shape index (κ2) is 10.6. The molecule has 0 radical (unpaired) electrons. The lowest BCUT2D eigenvalue weighted by atomic mass is 10.2. The predicted octanol–water partition coefficient (Wildman–Crippen LogP) is 4.03. The van der Waals surface area contributed by atoms with E-state index in [1.54, 1.807) is 36.1 Å². The van der Waals surface area contributed by atoms with Gasteiger partial charge in [-0.3, -0.25) is 0 Å². The van der Waals surface area contributed by atoms with Gasteiger partial charge in [0, 0.05) is 43.6 Å². The number of fused-ring (bicyclic) bond motifs is 1. The third kappa shape index (κ3) is 5.79. The van der Waals surface area contributed by atoms with Gasteiger partial charge in [-0.25, -0.2) is 9.78 Å². The summed E-state index contributed by atoms with van der Waals surface area (Å²) in [6.45, 7) is 8.34. The fourth-order valence-corrected chi connectivity index (χ4v) is 4.28. The number of ether oxygens (including phenoxy) is 3. The monoisotopic (exact) mass is 532 g/mol. The van der Waals surface area contributed by atoms with Gasteiger partial charge in [0.2, 0.25) is 5.95 Å². The number of nitrogens with zero attached hydrogens (tertiary/aromatic N) is 7. The van der Waals surface area contributed by atoms with E-state index >= 15 is 0 Å². The van der Waals surface area contributed by atoms with Crippen molar-refractivity contribution in [1.29, 1.82) is 0 Å². The van der Waals surface area contributed by atoms with E-state index in [-0.39, 0.29) is 6.09 Å². The van der Waals surface area contributed by atoms with Crippen LogP contribution in [0.5, 0.6) is 11.5 Å². The van der Waals surface area contributed by atoms with E-state index in [9.17, 15) is 4.79 Å². The van der Waals surface area contributed by atoms with Crippen LogP contribution in [-0.4, -0.2) is 82.0 Å². The van der Waals surface area contributed by atoms with E-state index in [0.717, 1.165) is 30.2 Å². The molecule has 39 heavy (non-hydrogen) atoms. The van der Waals surface area contributed by atoms with Gasteiger partial charge in [-0.2, -0.15) is 9.67 Å². The lowest BCUT2D eigenvalue weighted by molar-refractivity contribution is 0.0240. The Morgan fingerprint density at radius 1 is 0.923 bits per heavy atom. The van der Waals surface area contributed by atoms with E-state index in [0.29, 0.717) is 41.7 Å². The average molecular weight is 533 g/mol. The lowest BCUT2D eigenvalue weighted by Crippen LogP contribution is -2.50. The Kier molecular flexibility index (Phi) is 7.09. The first kappa shape index (κ1) is 26.0. The van der Waals surface area contributed by atoms with Gasteiger partial charge in [0.05, 0.1) is 26.1 Å². The molecule has 1 N–H and O–H groups in total. The average Bonchev–Trinajstić information content (AvgIpc) is 3.35. The van der Waals surface area contributed by atoms with Gasteiger partial charge in [0.15, 0.2) is 22.7 Å². The highest BCUT2D eigenvalue weighted by Gasteiger charge is 2.26. The maximum absolute atomic E-state index is 12.3. The minimum Gasteiger partial charge on any atom is -0.493 e. The van der Waals surface area contributed by atoms with Crippen LogP contribution < -0.4 is 19.7 Å². The maximum atomic E-state index is 12.3. The van der Waals surface area contributed by atoms with Crippen LogP contribution >= 0.6 is 0 Å². The predicted molar refractivity (Wildman–Crippen MR) is 147 cm³/mol. The summed E-state index contributed by atoms with van der Waals surface area (Å²) in [4.78, 5) is 25.4. The molecule has 0 spiro atoms. The molecule has 1 aliphatic heterocycles. The van der Waals surface area contributed by atoms with Gasteiger partial charge in [0.1, 0.15) is 5.60 Å². The van der Waals surface area contributed by atoms with Gasteiger partial charge >= 0.3 is 6.09 Å². The van der Waals surface area contributed by atoms with E-state index in [1.165, 1.54) is 0 Å². The van der Waals surface area contributed by atoms with E-state index in [2.05, 4.69) is 30.5 Å². The molecule has 0 aliphatic carbocycles. The highest BCUT2D eigenvalue weighted by atomic mass is 16.6. The smallest absolute Gasteiger partial charge is 0.410 e. The van der Waals surface area contributed by atoms with Crippen LogP contribution in [0.15, 0.2) is 48.7 Å². The van der Waals surface area contributed by atoms with Crippen molar-refractivity contribution in [2.45, 2.75) is 26.4 Å². The van der Waals surface area contributed by atoms with Crippen molar-refractivity contribution in [3.63, 3.8) is 0 Å². The van der Waals surface area contributed by atoms with E-state index < -0.39 is 5.60 Å². The zero-order chi connectivity index (χ0) is 27.6. The second-order valence-corrected chi connectivity index (χ2v) is 10.1. The fraction of sp³-hybridized carbons (Fsp3) is 0.370. The summed E-state index contributed by atoms with van der Waals surface area (Å²) < 4.78 is 17.9. The molecule has 0 atom stereocenters. The van der Waals surface area contributed by atoms with Crippen LogP contribution in [0, 0.1) is 0 Å². The summed E-state index contributed by atoms with van der Waals surface area (Å²) >= 11 is 0. The molecule has 12 heteroatoms. The van der Waals surface area contributed by atoms with Crippen LogP contribution in [0.2, 0.25) is 0 Å². The van der Waals surface area contributed by atoms with Crippen LogP contribution in [0.1, 0.15) is 20.8 Å². The summed E-state index contributed by atoms with van der Waals surface area (Å²) in [5.74, 6) is 1.62. The molecule has 0 unspecified atom stereocenters. The molecule has 3 heterocycles. The van der Waals surface area contributed by atoms with Crippen LogP contribution in [0.3, 0.4) is 0 Å². The van der Waals surface area contributed by atoms with Crippen molar-refractivity contribution >= 4 is 34.6 Å². The number of anilines is 3. The first-order chi connectivity index (χ1) is 18.7. The molecule has 12 nitrogen and oxygen atoms in total. The third-order valence-electron chi connectivity index (χ3n) is 6.22. The second-order valence-electron chi connectivity index (χ2n) is 10.1. The van der Waals surface area contributed by atoms with Crippen molar-refractivity contribution in [3.05, 3.63) is 48.7 Å². The molecule has 1 fully saturated rings. The number of piperazine rings is 1. The molecule has 5 rings (SSSR count). The number of benzene rings is 2. The molecule has 2 aromatic heterocycles. The van der Waals surface area contributed by atoms with Gasteiger partial charge < -0.3 is 29.3 Å². The van der Waals surface area contributed by atoms with E-state index in [1.807, 2.05) is 57.2 Å². The van der Waals surface area contributed by atoms with Gasteiger partial charge in [-0.1, -0.05) is 5.21 Å². The van der Waals surface area contributed by atoms with Crippen LogP contribution in [0.25, 0.3) is 16.9 Å². The van der Waals surface area contributed by atoms with Crippen LogP contribution in [-0.2, 0) is 4.74 Å². The Labute approximate surface area is 226 Å². The highest BCUT2D eigenvalue weighted by molar-refractivity contribution is 5.73. The molecule has 1 amide bonds. The highest BCUT2D eigenvalue weighted by Crippen LogP contribution is 2.30. The van der Waals surface area contributed by atoms with Crippen molar-refractivity contribution in [2.75, 3.05) is 50.6 Å².